The third-order valence-electron chi connectivity index (χ3n) is 4.63. The van der Waals surface area contributed by atoms with Crippen molar-refractivity contribution in [2.45, 2.75) is 0 Å². The summed E-state index contributed by atoms with van der Waals surface area (Å²) in [5, 5.41) is 13.8. The van der Waals surface area contributed by atoms with Crippen molar-refractivity contribution < 1.29 is 19.0 Å². The van der Waals surface area contributed by atoms with Crippen LogP contribution in [0.4, 0.5) is 10.1 Å². The van der Waals surface area contributed by atoms with Gasteiger partial charge in [0.25, 0.3) is 11.5 Å². The Labute approximate surface area is 180 Å². The molecule has 0 saturated carbocycles. The van der Waals surface area contributed by atoms with E-state index >= 15 is 0 Å². The highest BCUT2D eigenvalue weighted by Gasteiger charge is 2.24. The predicted molar refractivity (Wildman–Crippen MR) is 115 cm³/mol. The summed E-state index contributed by atoms with van der Waals surface area (Å²) in [6, 6.07) is 12.8. The molecule has 0 saturated heterocycles. The van der Waals surface area contributed by atoms with E-state index in [9.17, 15) is 19.1 Å². The maximum absolute atomic E-state index is 13.4. The first kappa shape index (κ1) is 20.4. The van der Waals surface area contributed by atoms with Crippen molar-refractivity contribution in [2.24, 2.45) is 0 Å². The third-order valence-corrected chi connectivity index (χ3v) is 4.86. The summed E-state index contributed by atoms with van der Waals surface area (Å²) in [4.78, 5) is 30.5. The number of amides is 1. The van der Waals surface area contributed by atoms with Gasteiger partial charge in [0.05, 0.1) is 23.9 Å². The number of hydrogen-bond donors (Lipinski definition) is 2. The van der Waals surface area contributed by atoms with E-state index in [0.717, 1.165) is 4.57 Å². The zero-order valence-electron chi connectivity index (χ0n) is 16.1. The highest BCUT2D eigenvalue weighted by Crippen LogP contribution is 2.30. The van der Waals surface area contributed by atoms with Gasteiger partial charge in [-0.3, -0.25) is 14.2 Å². The van der Waals surface area contributed by atoms with Crippen molar-refractivity contribution in [1.29, 1.82) is 0 Å². The van der Waals surface area contributed by atoms with Crippen LogP contribution >= 0.6 is 11.6 Å². The van der Waals surface area contributed by atoms with Crippen LogP contribution < -0.4 is 15.6 Å². The summed E-state index contributed by atoms with van der Waals surface area (Å²) in [5.41, 5.74) is -0.711. The number of ether oxygens (including phenoxy) is 1. The lowest BCUT2D eigenvalue weighted by Crippen LogP contribution is -2.29. The summed E-state index contributed by atoms with van der Waals surface area (Å²) < 4.78 is 19.7. The molecule has 0 aliphatic heterocycles. The summed E-state index contributed by atoms with van der Waals surface area (Å²) in [7, 11) is 1.42. The Balaban J connectivity index is 1.93. The Morgan fingerprint density at radius 3 is 2.65 bits per heavy atom. The highest BCUT2D eigenvalue weighted by molar-refractivity contribution is 6.31. The number of methoxy groups -OCH3 is 1. The molecule has 156 valence electrons. The summed E-state index contributed by atoms with van der Waals surface area (Å²) in [5.74, 6) is -1.56. The normalized spacial score (nSPS) is 10.8. The molecule has 1 amide bonds. The van der Waals surface area contributed by atoms with Gasteiger partial charge < -0.3 is 15.2 Å². The molecule has 9 heteroatoms. The molecular weight excluding hydrogens is 425 g/mol. The van der Waals surface area contributed by atoms with E-state index in [1.807, 2.05) is 0 Å². The third kappa shape index (κ3) is 3.69. The number of carbonyl (C=O) groups is 1. The highest BCUT2D eigenvalue weighted by atomic mass is 35.5. The minimum atomic E-state index is -0.871. The molecule has 0 unspecified atom stereocenters. The quantitative estimate of drug-likeness (QED) is 0.498. The number of anilines is 1. The second-order valence-electron chi connectivity index (χ2n) is 6.51. The fourth-order valence-electron chi connectivity index (χ4n) is 3.20. The first-order valence-electron chi connectivity index (χ1n) is 9.04. The van der Waals surface area contributed by atoms with Crippen LogP contribution in [-0.4, -0.2) is 27.7 Å². The van der Waals surface area contributed by atoms with E-state index in [-0.39, 0.29) is 22.4 Å². The SMILES string of the molecule is COc1ccc(Cl)cc1NC(=O)c1c(O)c2cccnc2n(-c2ccc(F)cc2)c1=O. The molecule has 7 nitrogen and oxygen atoms in total. The van der Waals surface area contributed by atoms with Crippen LogP contribution in [0.5, 0.6) is 11.5 Å². The fraction of sp³-hybridized carbons (Fsp3) is 0.0455. The number of rotatable bonds is 4. The Hall–Kier alpha value is -3.91. The summed E-state index contributed by atoms with van der Waals surface area (Å²) >= 11 is 6.00. The number of aromatic nitrogens is 2. The zero-order valence-corrected chi connectivity index (χ0v) is 16.9. The van der Waals surface area contributed by atoms with E-state index in [2.05, 4.69) is 10.3 Å². The lowest BCUT2D eigenvalue weighted by atomic mass is 10.1. The molecule has 0 aliphatic rings. The van der Waals surface area contributed by atoms with Crippen LogP contribution in [-0.2, 0) is 0 Å². The number of hydrogen-bond acceptors (Lipinski definition) is 5. The number of nitrogens with zero attached hydrogens (tertiary/aromatic N) is 2. The van der Waals surface area contributed by atoms with Gasteiger partial charge in [-0.2, -0.15) is 0 Å². The number of aromatic hydroxyl groups is 1. The van der Waals surface area contributed by atoms with Crippen LogP contribution in [0.15, 0.2) is 65.6 Å². The molecule has 0 bridgehead atoms. The van der Waals surface area contributed by atoms with Crippen molar-refractivity contribution in [3.05, 3.63) is 87.6 Å². The Morgan fingerprint density at radius 2 is 1.94 bits per heavy atom. The number of benzene rings is 2. The molecule has 0 radical (unpaired) electrons. The Kier molecular flexibility index (Phi) is 5.31. The molecular formula is C22H15ClFN3O4. The van der Waals surface area contributed by atoms with Crippen LogP contribution in [0.25, 0.3) is 16.7 Å². The monoisotopic (exact) mass is 439 g/mol. The topological polar surface area (TPSA) is 93.4 Å². The van der Waals surface area contributed by atoms with Gasteiger partial charge in [-0.15, -0.1) is 0 Å². The van der Waals surface area contributed by atoms with E-state index < -0.39 is 28.6 Å². The second-order valence-corrected chi connectivity index (χ2v) is 6.95. The van der Waals surface area contributed by atoms with E-state index in [1.165, 1.54) is 49.7 Å². The van der Waals surface area contributed by atoms with Crippen molar-refractivity contribution >= 4 is 34.2 Å². The maximum Gasteiger partial charge on any atom is 0.273 e. The number of fused-ring (bicyclic) bond motifs is 1. The summed E-state index contributed by atoms with van der Waals surface area (Å²) in [6.45, 7) is 0. The van der Waals surface area contributed by atoms with Gasteiger partial charge >= 0.3 is 0 Å². The van der Waals surface area contributed by atoms with E-state index in [4.69, 9.17) is 16.3 Å². The van der Waals surface area contributed by atoms with Crippen molar-refractivity contribution in [3.63, 3.8) is 0 Å². The lowest BCUT2D eigenvalue weighted by molar-refractivity contribution is 0.102. The largest absolute Gasteiger partial charge is 0.506 e. The molecule has 0 spiro atoms. The molecule has 4 aromatic rings. The Morgan fingerprint density at radius 1 is 1.19 bits per heavy atom. The first-order chi connectivity index (χ1) is 14.9. The predicted octanol–water partition coefficient (Wildman–Crippen LogP) is 4.14. The van der Waals surface area contributed by atoms with E-state index in [0.29, 0.717) is 10.8 Å². The van der Waals surface area contributed by atoms with E-state index in [1.54, 1.807) is 18.2 Å². The smallest absolute Gasteiger partial charge is 0.273 e. The number of halogens is 2. The number of nitrogens with one attached hydrogen (secondary N) is 1. The standard InChI is InChI=1S/C22H15ClFN3O4/c1-31-17-9-4-12(23)11-16(17)26-21(29)18-19(28)15-3-2-10-25-20(15)27(22(18)30)14-7-5-13(24)6-8-14/h2-11,28H,1H3,(H,26,29). The maximum atomic E-state index is 13.4. The molecule has 2 aromatic heterocycles. The molecule has 0 atom stereocenters. The van der Waals surface area contributed by atoms with Crippen molar-refractivity contribution in [2.75, 3.05) is 12.4 Å². The lowest BCUT2D eigenvalue weighted by Gasteiger charge is -2.15. The van der Waals surface area contributed by atoms with Crippen LogP contribution in [0.2, 0.25) is 5.02 Å². The molecule has 4 rings (SSSR count). The van der Waals surface area contributed by atoms with Crippen molar-refractivity contribution in [3.8, 4) is 17.2 Å². The number of pyridine rings is 2. The average molecular weight is 440 g/mol. The molecule has 0 fully saturated rings. The molecule has 2 N–H and O–H groups in total. The molecule has 0 aliphatic carbocycles. The first-order valence-corrected chi connectivity index (χ1v) is 9.42. The molecule has 2 heterocycles. The minimum Gasteiger partial charge on any atom is -0.506 e. The van der Waals surface area contributed by atoms with Gasteiger partial charge in [0.2, 0.25) is 0 Å². The minimum absolute atomic E-state index is 0.119. The zero-order chi connectivity index (χ0) is 22.1. The van der Waals surface area contributed by atoms with Crippen LogP contribution in [0.1, 0.15) is 10.4 Å². The second kappa shape index (κ2) is 8.08. The van der Waals surface area contributed by atoms with Gasteiger partial charge in [0.15, 0.2) is 5.65 Å². The van der Waals surface area contributed by atoms with Gasteiger partial charge in [0.1, 0.15) is 22.9 Å². The van der Waals surface area contributed by atoms with Gasteiger partial charge in [0, 0.05) is 11.2 Å². The fourth-order valence-corrected chi connectivity index (χ4v) is 3.37. The summed E-state index contributed by atoms with van der Waals surface area (Å²) in [6.07, 6.45) is 1.44. The average Bonchev–Trinajstić information content (AvgIpc) is 2.75. The van der Waals surface area contributed by atoms with Gasteiger partial charge in [-0.05, 0) is 54.6 Å². The van der Waals surface area contributed by atoms with Crippen LogP contribution in [0.3, 0.4) is 0 Å². The molecule has 2 aromatic carbocycles. The Bertz CT molecular complexity index is 1370. The van der Waals surface area contributed by atoms with Crippen molar-refractivity contribution in [1.82, 2.24) is 9.55 Å². The van der Waals surface area contributed by atoms with Gasteiger partial charge in [-0.1, -0.05) is 11.6 Å². The molecule has 31 heavy (non-hydrogen) atoms. The van der Waals surface area contributed by atoms with Crippen LogP contribution in [0, 0.1) is 5.82 Å². The number of carbonyl (C=O) groups excluding carboxylic acids is 1. The van der Waals surface area contributed by atoms with Gasteiger partial charge in [-0.25, -0.2) is 9.37 Å².